The minimum absolute atomic E-state index is 0.117. The number of unbranched alkanes of at least 4 members (excludes halogenated alkanes) is 4. The fraction of sp³-hybridized carbons (Fsp3) is 0.588. The third kappa shape index (κ3) is 6.60. The molecule has 112 valence electrons. The number of rotatable bonds is 10. The van der Waals surface area contributed by atoms with Crippen molar-refractivity contribution < 1.29 is 4.79 Å². The van der Waals surface area contributed by atoms with Gasteiger partial charge in [0.15, 0.2) is 0 Å². The molecule has 0 saturated heterocycles. The Labute approximate surface area is 123 Å². The molecule has 1 rings (SSSR count). The summed E-state index contributed by atoms with van der Waals surface area (Å²) < 4.78 is 0. The SMILES string of the molecule is CCCCCCCNC(=O)CN(CC)c1ccccc1. The van der Waals surface area contributed by atoms with Crippen LogP contribution in [0.25, 0.3) is 0 Å². The van der Waals surface area contributed by atoms with Gasteiger partial charge < -0.3 is 10.2 Å². The first-order chi connectivity index (χ1) is 9.77. The zero-order valence-corrected chi connectivity index (χ0v) is 12.9. The van der Waals surface area contributed by atoms with Crippen LogP contribution in [0.15, 0.2) is 30.3 Å². The van der Waals surface area contributed by atoms with E-state index in [9.17, 15) is 4.79 Å². The Morgan fingerprint density at radius 1 is 1.05 bits per heavy atom. The molecule has 0 aliphatic heterocycles. The number of anilines is 1. The van der Waals surface area contributed by atoms with Crippen molar-refractivity contribution >= 4 is 11.6 Å². The van der Waals surface area contributed by atoms with Crippen molar-refractivity contribution in [2.45, 2.75) is 46.0 Å². The summed E-state index contributed by atoms with van der Waals surface area (Å²) in [4.78, 5) is 14.0. The van der Waals surface area contributed by atoms with Crippen LogP contribution >= 0.6 is 0 Å². The summed E-state index contributed by atoms with van der Waals surface area (Å²) in [6.07, 6.45) is 6.13. The van der Waals surface area contributed by atoms with E-state index in [4.69, 9.17) is 0 Å². The molecule has 0 radical (unpaired) electrons. The first-order valence-electron chi connectivity index (χ1n) is 7.84. The number of nitrogens with one attached hydrogen (secondary N) is 1. The van der Waals surface area contributed by atoms with E-state index < -0.39 is 0 Å². The summed E-state index contributed by atoms with van der Waals surface area (Å²) >= 11 is 0. The molecular formula is C17H28N2O. The molecule has 0 bridgehead atoms. The largest absolute Gasteiger partial charge is 0.363 e. The van der Waals surface area contributed by atoms with Gasteiger partial charge in [-0.1, -0.05) is 50.8 Å². The number of hydrogen-bond donors (Lipinski definition) is 1. The molecule has 0 fully saturated rings. The van der Waals surface area contributed by atoms with E-state index >= 15 is 0 Å². The van der Waals surface area contributed by atoms with Crippen molar-refractivity contribution in [1.82, 2.24) is 5.32 Å². The number of likely N-dealkylation sites (N-methyl/N-ethyl adjacent to an activating group) is 1. The first-order valence-corrected chi connectivity index (χ1v) is 7.84. The fourth-order valence-corrected chi connectivity index (χ4v) is 2.21. The molecule has 3 nitrogen and oxygen atoms in total. The summed E-state index contributed by atoms with van der Waals surface area (Å²) in [7, 11) is 0. The number of nitrogens with zero attached hydrogens (tertiary/aromatic N) is 1. The van der Waals surface area contributed by atoms with Gasteiger partial charge >= 0.3 is 0 Å². The topological polar surface area (TPSA) is 32.3 Å². The van der Waals surface area contributed by atoms with E-state index in [1.165, 1.54) is 25.7 Å². The zero-order chi connectivity index (χ0) is 14.6. The molecule has 0 aliphatic carbocycles. The average molecular weight is 276 g/mol. The lowest BCUT2D eigenvalue weighted by Gasteiger charge is -2.22. The van der Waals surface area contributed by atoms with Crippen LogP contribution in [0.3, 0.4) is 0 Å². The number of carbonyl (C=O) groups is 1. The number of benzene rings is 1. The summed E-state index contributed by atoms with van der Waals surface area (Å²) in [6, 6.07) is 10.1. The minimum Gasteiger partial charge on any atom is -0.363 e. The molecule has 0 aromatic heterocycles. The van der Waals surface area contributed by atoms with Crippen LogP contribution in [0.4, 0.5) is 5.69 Å². The highest BCUT2D eigenvalue weighted by molar-refractivity contribution is 5.81. The van der Waals surface area contributed by atoms with Crippen molar-refractivity contribution in [3.8, 4) is 0 Å². The van der Waals surface area contributed by atoms with Crippen molar-refractivity contribution in [2.75, 3.05) is 24.5 Å². The number of hydrogen-bond acceptors (Lipinski definition) is 2. The summed E-state index contributed by atoms with van der Waals surface area (Å²) in [6.45, 7) is 6.37. The van der Waals surface area contributed by atoms with Crippen LogP contribution in [-0.4, -0.2) is 25.5 Å². The number of carbonyl (C=O) groups excluding carboxylic acids is 1. The van der Waals surface area contributed by atoms with Crippen molar-refractivity contribution in [1.29, 1.82) is 0 Å². The maximum Gasteiger partial charge on any atom is 0.239 e. The van der Waals surface area contributed by atoms with Gasteiger partial charge in [0.25, 0.3) is 0 Å². The van der Waals surface area contributed by atoms with E-state index in [0.717, 1.165) is 25.2 Å². The van der Waals surface area contributed by atoms with Gasteiger partial charge in [-0.05, 0) is 25.5 Å². The average Bonchev–Trinajstić information content (AvgIpc) is 2.49. The predicted octanol–water partition coefficient (Wildman–Crippen LogP) is 3.60. The lowest BCUT2D eigenvalue weighted by atomic mass is 10.1. The standard InChI is InChI=1S/C17H28N2O/c1-3-5-6-7-11-14-18-17(20)15-19(4-2)16-12-9-8-10-13-16/h8-10,12-13H,3-7,11,14-15H2,1-2H3,(H,18,20). The Balaban J connectivity index is 2.23. The van der Waals surface area contributed by atoms with Gasteiger partial charge in [-0.15, -0.1) is 0 Å². The molecule has 0 heterocycles. The number of amides is 1. The smallest absolute Gasteiger partial charge is 0.239 e. The van der Waals surface area contributed by atoms with E-state index in [1.807, 2.05) is 30.3 Å². The van der Waals surface area contributed by atoms with E-state index in [-0.39, 0.29) is 5.91 Å². The Morgan fingerprint density at radius 2 is 1.75 bits per heavy atom. The normalized spacial score (nSPS) is 10.3. The second kappa shape index (κ2) is 10.3. The Hall–Kier alpha value is -1.51. The third-order valence-corrected chi connectivity index (χ3v) is 3.44. The van der Waals surface area contributed by atoms with Crippen LogP contribution in [0.1, 0.15) is 46.0 Å². The molecule has 3 heteroatoms. The second-order valence-corrected chi connectivity index (χ2v) is 5.11. The fourth-order valence-electron chi connectivity index (χ4n) is 2.21. The summed E-state index contributed by atoms with van der Waals surface area (Å²) in [5.41, 5.74) is 1.10. The van der Waals surface area contributed by atoms with Gasteiger partial charge in [0.1, 0.15) is 0 Å². The van der Waals surface area contributed by atoms with Crippen LogP contribution in [-0.2, 0) is 4.79 Å². The van der Waals surface area contributed by atoms with E-state index in [0.29, 0.717) is 6.54 Å². The zero-order valence-electron chi connectivity index (χ0n) is 12.9. The summed E-state index contributed by atoms with van der Waals surface area (Å²) in [5, 5.41) is 3.01. The van der Waals surface area contributed by atoms with Crippen molar-refractivity contribution in [2.24, 2.45) is 0 Å². The maximum absolute atomic E-state index is 11.9. The molecule has 0 atom stereocenters. The molecule has 1 aromatic carbocycles. The van der Waals surface area contributed by atoms with E-state index in [1.54, 1.807) is 0 Å². The molecule has 20 heavy (non-hydrogen) atoms. The van der Waals surface area contributed by atoms with Crippen LogP contribution in [0.2, 0.25) is 0 Å². The molecule has 0 saturated carbocycles. The van der Waals surface area contributed by atoms with Gasteiger partial charge in [0, 0.05) is 18.8 Å². The van der Waals surface area contributed by atoms with E-state index in [2.05, 4.69) is 24.1 Å². The van der Waals surface area contributed by atoms with Gasteiger partial charge in [-0.2, -0.15) is 0 Å². The molecule has 1 amide bonds. The van der Waals surface area contributed by atoms with Gasteiger partial charge in [-0.3, -0.25) is 4.79 Å². The lowest BCUT2D eigenvalue weighted by Crippen LogP contribution is -2.37. The van der Waals surface area contributed by atoms with Gasteiger partial charge in [-0.25, -0.2) is 0 Å². The molecule has 0 aliphatic rings. The molecular weight excluding hydrogens is 248 g/mol. The second-order valence-electron chi connectivity index (χ2n) is 5.11. The molecule has 1 aromatic rings. The van der Waals surface area contributed by atoms with Crippen LogP contribution < -0.4 is 10.2 Å². The quantitative estimate of drug-likeness (QED) is 0.662. The maximum atomic E-state index is 11.9. The Bertz CT molecular complexity index is 365. The Kier molecular flexibility index (Phi) is 8.52. The van der Waals surface area contributed by atoms with Crippen LogP contribution in [0.5, 0.6) is 0 Å². The number of para-hydroxylation sites is 1. The lowest BCUT2D eigenvalue weighted by molar-refractivity contribution is -0.119. The van der Waals surface area contributed by atoms with Crippen molar-refractivity contribution in [3.05, 3.63) is 30.3 Å². The molecule has 1 N–H and O–H groups in total. The highest BCUT2D eigenvalue weighted by atomic mass is 16.2. The minimum atomic E-state index is 0.117. The third-order valence-electron chi connectivity index (χ3n) is 3.44. The first kappa shape index (κ1) is 16.5. The predicted molar refractivity (Wildman–Crippen MR) is 86.1 cm³/mol. The van der Waals surface area contributed by atoms with Gasteiger partial charge in [0.05, 0.1) is 6.54 Å². The summed E-state index contributed by atoms with van der Waals surface area (Å²) in [5.74, 6) is 0.117. The monoisotopic (exact) mass is 276 g/mol. The Morgan fingerprint density at radius 3 is 2.40 bits per heavy atom. The van der Waals surface area contributed by atoms with Gasteiger partial charge in [0.2, 0.25) is 5.91 Å². The molecule has 0 unspecified atom stereocenters. The van der Waals surface area contributed by atoms with Crippen LogP contribution in [0, 0.1) is 0 Å². The highest BCUT2D eigenvalue weighted by Gasteiger charge is 2.08. The van der Waals surface area contributed by atoms with Crippen molar-refractivity contribution in [3.63, 3.8) is 0 Å². The molecule has 0 spiro atoms. The highest BCUT2D eigenvalue weighted by Crippen LogP contribution is 2.12.